The van der Waals surface area contributed by atoms with E-state index in [0.717, 1.165) is 12.8 Å². The zero-order valence-corrected chi connectivity index (χ0v) is 14.0. The van der Waals surface area contributed by atoms with Crippen molar-refractivity contribution in [3.8, 4) is 0 Å². The van der Waals surface area contributed by atoms with E-state index in [1.165, 1.54) is 4.90 Å². The Balaban J connectivity index is 1.66. The number of hydrogen-bond acceptors (Lipinski definition) is 4. The van der Waals surface area contributed by atoms with E-state index in [-0.39, 0.29) is 48.9 Å². The highest BCUT2D eigenvalue weighted by Crippen LogP contribution is 2.36. The predicted molar refractivity (Wildman–Crippen MR) is 82.4 cm³/mol. The van der Waals surface area contributed by atoms with E-state index in [9.17, 15) is 14.4 Å². The molecule has 0 bridgehead atoms. The third kappa shape index (κ3) is 3.06. The van der Waals surface area contributed by atoms with Crippen molar-refractivity contribution >= 4 is 17.7 Å². The Morgan fingerprint density at radius 1 is 1.26 bits per heavy atom. The fourth-order valence-electron chi connectivity index (χ4n) is 3.70. The Bertz CT molecular complexity index is 515. The van der Waals surface area contributed by atoms with Crippen molar-refractivity contribution in [2.24, 2.45) is 11.8 Å². The molecular formula is C16H25N3O4. The fraction of sp³-hybridized carbons (Fsp3) is 0.812. The lowest BCUT2D eigenvalue weighted by atomic mass is 9.75. The van der Waals surface area contributed by atoms with Crippen molar-refractivity contribution in [2.45, 2.75) is 31.9 Å². The Morgan fingerprint density at radius 3 is 2.57 bits per heavy atom. The minimum Gasteiger partial charge on any atom is -0.364 e. The van der Waals surface area contributed by atoms with Crippen molar-refractivity contribution in [3.63, 3.8) is 0 Å². The molecule has 1 saturated carbocycles. The first-order valence-corrected chi connectivity index (χ1v) is 8.26. The molecule has 3 fully saturated rings. The molecule has 2 aliphatic heterocycles. The Labute approximate surface area is 136 Å². The second kappa shape index (κ2) is 6.11. The van der Waals surface area contributed by atoms with Gasteiger partial charge in [-0.15, -0.1) is 0 Å². The van der Waals surface area contributed by atoms with Crippen LogP contribution >= 0.6 is 0 Å². The maximum Gasteiger partial charge on any atom is 0.249 e. The number of rotatable bonds is 3. The van der Waals surface area contributed by atoms with Gasteiger partial charge in [0.15, 0.2) is 0 Å². The molecule has 0 spiro atoms. The molecule has 0 radical (unpaired) electrons. The maximum absolute atomic E-state index is 12.5. The van der Waals surface area contributed by atoms with E-state index in [2.05, 4.69) is 6.92 Å². The third-order valence-electron chi connectivity index (χ3n) is 5.22. The lowest BCUT2D eigenvalue weighted by Crippen LogP contribution is -2.56. The number of likely N-dealkylation sites (tertiary alicyclic amines) is 1. The molecule has 1 aliphatic carbocycles. The first-order valence-electron chi connectivity index (χ1n) is 8.26. The number of nitrogens with zero attached hydrogens (tertiary/aromatic N) is 3. The molecule has 3 rings (SSSR count). The molecule has 3 aliphatic rings. The molecule has 2 heterocycles. The van der Waals surface area contributed by atoms with Gasteiger partial charge in [-0.2, -0.15) is 0 Å². The van der Waals surface area contributed by atoms with Crippen LogP contribution in [0.15, 0.2) is 0 Å². The average Bonchev–Trinajstić information content (AvgIpc) is 2.90. The lowest BCUT2D eigenvalue weighted by Gasteiger charge is -2.36. The highest BCUT2D eigenvalue weighted by atomic mass is 16.5. The van der Waals surface area contributed by atoms with Gasteiger partial charge in [0.1, 0.15) is 13.2 Å². The Hall–Kier alpha value is -1.63. The number of carbonyl (C=O) groups excluding carboxylic acids is 3. The number of morpholine rings is 1. The van der Waals surface area contributed by atoms with Gasteiger partial charge in [-0.1, -0.05) is 6.92 Å². The van der Waals surface area contributed by atoms with Gasteiger partial charge in [-0.3, -0.25) is 14.4 Å². The molecule has 0 aromatic heterocycles. The van der Waals surface area contributed by atoms with Gasteiger partial charge < -0.3 is 19.4 Å². The van der Waals surface area contributed by atoms with Gasteiger partial charge in [-0.05, 0) is 18.8 Å². The van der Waals surface area contributed by atoms with Crippen LogP contribution in [0.1, 0.15) is 19.8 Å². The van der Waals surface area contributed by atoms with E-state index < -0.39 is 0 Å². The van der Waals surface area contributed by atoms with E-state index >= 15 is 0 Å². The van der Waals surface area contributed by atoms with Crippen LogP contribution < -0.4 is 0 Å². The first kappa shape index (κ1) is 16.2. The Kier molecular flexibility index (Phi) is 4.31. The first-order chi connectivity index (χ1) is 10.9. The molecule has 7 heteroatoms. The van der Waals surface area contributed by atoms with Crippen LogP contribution in [0.3, 0.4) is 0 Å². The summed E-state index contributed by atoms with van der Waals surface area (Å²) >= 11 is 0. The van der Waals surface area contributed by atoms with Gasteiger partial charge in [0.2, 0.25) is 17.7 Å². The number of fused-ring (bicyclic) bond motifs is 1. The maximum atomic E-state index is 12.5. The predicted octanol–water partition coefficient (Wildman–Crippen LogP) is -0.441. The number of carbonyl (C=O) groups is 3. The molecule has 7 nitrogen and oxygen atoms in total. The molecule has 0 aromatic rings. The SMILES string of the molecule is CC1CC(C(=O)N2C[C@@H]3[C@@H](C2)OCC(=O)N3CC(=O)N(C)C)C1. The average molecular weight is 323 g/mol. The van der Waals surface area contributed by atoms with Crippen LogP contribution in [-0.4, -0.2) is 84.9 Å². The fourth-order valence-corrected chi connectivity index (χ4v) is 3.70. The highest BCUT2D eigenvalue weighted by Gasteiger charge is 2.47. The summed E-state index contributed by atoms with van der Waals surface area (Å²) < 4.78 is 5.61. The van der Waals surface area contributed by atoms with Gasteiger partial charge >= 0.3 is 0 Å². The second-order valence-corrected chi connectivity index (χ2v) is 7.24. The van der Waals surface area contributed by atoms with Gasteiger partial charge in [0.25, 0.3) is 0 Å². The number of amides is 3. The molecule has 128 valence electrons. The molecule has 0 unspecified atom stereocenters. The van der Waals surface area contributed by atoms with Gasteiger partial charge in [0.05, 0.1) is 12.1 Å². The molecular weight excluding hydrogens is 298 g/mol. The standard InChI is InChI=1S/C16H25N3O4/c1-10-4-11(5-10)16(22)18-6-12-13(7-18)23-9-15(21)19(12)8-14(20)17(2)3/h10-13H,4-9H2,1-3H3/t10?,11?,12-,13-/m1/s1. The smallest absolute Gasteiger partial charge is 0.249 e. The summed E-state index contributed by atoms with van der Waals surface area (Å²) in [6, 6.07) is -0.207. The molecule has 3 amide bonds. The molecule has 0 aromatic carbocycles. The lowest BCUT2D eigenvalue weighted by molar-refractivity contribution is -0.156. The van der Waals surface area contributed by atoms with Gasteiger partial charge in [0, 0.05) is 33.1 Å². The third-order valence-corrected chi connectivity index (χ3v) is 5.22. The van der Waals surface area contributed by atoms with Crippen LogP contribution in [0, 0.1) is 11.8 Å². The van der Waals surface area contributed by atoms with E-state index in [4.69, 9.17) is 4.74 Å². The van der Waals surface area contributed by atoms with Crippen molar-refractivity contribution in [2.75, 3.05) is 40.3 Å². The summed E-state index contributed by atoms with van der Waals surface area (Å²) in [6.07, 6.45) is 1.73. The largest absolute Gasteiger partial charge is 0.364 e. The van der Waals surface area contributed by atoms with E-state index in [1.54, 1.807) is 19.0 Å². The Morgan fingerprint density at radius 2 is 1.96 bits per heavy atom. The molecule has 2 saturated heterocycles. The van der Waals surface area contributed by atoms with Crippen LogP contribution in [-0.2, 0) is 19.1 Å². The quantitative estimate of drug-likeness (QED) is 0.706. The van der Waals surface area contributed by atoms with Crippen LogP contribution in [0.5, 0.6) is 0 Å². The number of hydrogen-bond donors (Lipinski definition) is 0. The second-order valence-electron chi connectivity index (χ2n) is 7.24. The zero-order valence-electron chi connectivity index (χ0n) is 14.0. The summed E-state index contributed by atoms with van der Waals surface area (Å²) in [5, 5.41) is 0. The van der Waals surface area contributed by atoms with Crippen molar-refractivity contribution < 1.29 is 19.1 Å². The summed E-state index contributed by atoms with van der Waals surface area (Å²) in [5.41, 5.74) is 0. The number of ether oxygens (including phenoxy) is 1. The van der Waals surface area contributed by atoms with Crippen molar-refractivity contribution in [3.05, 3.63) is 0 Å². The van der Waals surface area contributed by atoms with Crippen LogP contribution in [0.25, 0.3) is 0 Å². The molecule has 2 atom stereocenters. The zero-order chi connectivity index (χ0) is 16.7. The summed E-state index contributed by atoms with van der Waals surface area (Å²) in [5.74, 6) is 0.635. The van der Waals surface area contributed by atoms with Crippen LogP contribution in [0.2, 0.25) is 0 Å². The minimum absolute atomic E-state index is 0.00956. The highest BCUT2D eigenvalue weighted by molar-refractivity contribution is 5.86. The molecule has 0 N–H and O–H groups in total. The normalized spacial score (nSPS) is 33.3. The van der Waals surface area contributed by atoms with E-state index in [0.29, 0.717) is 19.0 Å². The minimum atomic E-state index is -0.207. The molecule has 23 heavy (non-hydrogen) atoms. The summed E-state index contributed by atoms with van der Waals surface area (Å²) in [4.78, 5) is 41.5. The van der Waals surface area contributed by atoms with Crippen molar-refractivity contribution in [1.82, 2.24) is 14.7 Å². The number of likely N-dealkylation sites (N-methyl/N-ethyl adjacent to an activating group) is 1. The van der Waals surface area contributed by atoms with Gasteiger partial charge in [-0.25, -0.2) is 0 Å². The van der Waals surface area contributed by atoms with Crippen LogP contribution in [0.4, 0.5) is 0 Å². The summed E-state index contributed by atoms with van der Waals surface area (Å²) in [6.45, 7) is 3.20. The topological polar surface area (TPSA) is 70.2 Å². The van der Waals surface area contributed by atoms with Crippen molar-refractivity contribution in [1.29, 1.82) is 0 Å². The monoisotopic (exact) mass is 323 g/mol. The summed E-state index contributed by atoms with van der Waals surface area (Å²) in [7, 11) is 3.35. The van der Waals surface area contributed by atoms with E-state index in [1.807, 2.05) is 4.90 Å².